The summed E-state index contributed by atoms with van der Waals surface area (Å²) in [6.45, 7) is 0.526. The summed E-state index contributed by atoms with van der Waals surface area (Å²) in [5, 5.41) is 0. The molecule has 1 aliphatic carbocycles. The van der Waals surface area contributed by atoms with E-state index in [2.05, 4.69) is 12.1 Å². The van der Waals surface area contributed by atoms with Gasteiger partial charge in [-0.05, 0) is 48.9 Å². The predicted octanol–water partition coefficient (Wildman–Crippen LogP) is 4.23. The van der Waals surface area contributed by atoms with E-state index >= 15 is 0 Å². The molecule has 2 heterocycles. The molecule has 2 aromatic carbocycles. The molecular weight excluding hydrogens is 390 g/mol. The fourth-order valence-corrected chi connectivity index (χ4v) is 5.15. The van der Waals surface area contributed by atoms with Crippen LogP contribution in [0, 0.1) is 5.92 Å². The number of Topliss-reactive ketones (excluding diaryl/α,β-unsaturated/α-hetero) is 1. The number of rotatable bonds is 5. The van der Waals surface area contributed by atoms with Gasteiger partial charge >= 0.3 is 0 Å². The summed E-state index contributed by atoms with van der Waals surface area (Å²) < 4.78 is 11.5. The molecule has 0 bridgehead atoms. The van der Waals surface area contributed by atoms with Crippen LogP contribution in [0.1, 0.15) is 42.9 Å². The molecule has 160 valence electrons. The lowest BCUT2D eigenvalue weighted by Crippen LogP contribution is -2.39. The highest BCUT2D eigenvalue weighted by atomic mass is 16.5. The molecule has 3 aliphatic rings. The van der Waals surface area contributed by atoms with E-state index in [1.807, 2.05) is 47.4 Å². The van der Waals surface area contributed by atoms with Gasteiger partial charge in [-0.3, -0.25) is 9.59 Å². The third-order valence-corrected chi connectivity index (χ3v) is 6.77. The zero-order chi connectivity index (χ0) is 21.4. The van der Waals surface area contributed by atoms with Crippen LogP contribution in [0.4, 0.5) is 0 Å². The molecule has 1 saturated carbocycles. The number of methoxy groups -OCH3 is 1. The van der Waals surface area contributed by atoms with Crippen LogP contribution in [0.3, 0.4) is 0 Å². The summed E-state index contributed by atoms with van der Waals surface area (Å²) in [7, 11) is 1.63. The summed E-state index contributed by atoms with van der Waals surface area (Å²) >= 11 is 0. The van der Waals surface area contributed by atoms with Gasteiger partial charge in [0.25, 0.3) is 5.91 Å². The highest BCUT2D eigenvalue weighted by molar-refractivity contribution is 6.11. The summed E-state index contributed by atoms with van der Waals surface area (Å²) in [5.74, 6) is 0.834. The van der Waals surface area contributed by atoms with Crippen molar-refractivity contribution in [2.24, 2.45) is 5.92 Å². The minimum atomic E-state index is -0.410. The molecule has 5 rings (SSSR count). The number of carbonyl (C=O) groups is 2. The van der Waals surface area contributed by atoms with E-state index in [9.17, 15) is 9.59 Å². The average Bonchev–Trinajstić information content (AvgIpc) is 3.10. The van der Waals surface area contributed by atoms with Crippen molar-refractivity contribution in [1.29, 1.82) is 0 Å². The Hall–Kier alpha value is -3.08. The Morgan fingerprint density at radius 1 is 1.00 bits per heavy atom. The van der Waals surface area contributed by atoms with Gasteiger partial charge in [-0.15, -0.1) is 0 Å². The van der Waals surface area contributed by atoms with Gasteiger partial charge < -0.3 is 14.4 Å². The molecule has 0 radical (unpaired) electrons. The van der Waals surface area contributed by atoms with Gasteiger partial charge in [0.15, 0.2) is 11.5 Å². The first-order valence-corrected chi connectivity index (χ1v) is 11.1. The third kappa shape index (κ3) is 3.52. The Balaban J connectivity index is 1.51. The lowest BCUT2D eigenvalue weighted by molar-refractivity contribution is -0.135. The highest BCUT2D eigenvalue weighted by Crippen LogP contribution is 2.46. The predicted molar refractivity (Wildman–Crippen MR) is 116 cm³/mol. The smallest absolute Gasteiger partial charge is 0.290 e. The molecule has 0 N–H and O–H groups in total. The van der Waals surface area contributed by atoms with Crippen LogP contribution in [-0.2, 0) is 20.7 Å². The first-order valence-electron chi connectivity index (χ1n) is 11.1. The molecule has 0 aromatic heterocycles. The number of ether oxygens (including phenoxy) is 2. The van der Waals surface area contributed by atoms with Gasteiger partial charge in [0.1, 0.15) is 11.9 Å². The van der Waals surface area contributed by atoms with Gasteiger partial charge in [-0.2, -0.15) is 0 Å². The monoisotopic (exact) mass is 417 g/mol. The van der Waals surface area contributed by atoms with Crippen LogP contribution in [-0.4, -0.2) is 36.3 Å². The van der Waals surface area contributed by atoms with Crippen LogP contribution >= 0.6 is 0 Å². The standard InChI is InChI=1S/C26H27NO4/c1-30-19-13-11-18(12-14-19)23-22-24(28)20-9-5-6-10-21(20)31-25(22)26(29)27(23)16-15-17-7-3-2-4-8-17/h2-4,7-8,11-14,20-21,23H,5-6,9-10,15-16H2,1H3. The highest BCUT2D eigenvalue weighted by Gasteiger charge is 2.51. The maximum Gasteiger partial charge on any atom is 0.290 e. The molecule has 3 atom stereocenters. The Bertz CT molecular complexity index is 1010. The lowest BCUT2D eigenvalue weighted by atomic mass is 9.77. The van der Waals surface area contributed by atoms with Crippen molar-refractivity contribution in [3.63, 3.8) is 0 Å². The van der Waals surface area contributed by atoms with Crippen molar-refractivity contribution in [3.05, 3.63) is 77.1 Å². The fourth-order valence-electron chi connectivity index (χ4n) is 5.15. The number of carbonyl (C=O) groups excluding carboxylic acids is 2. The third-order valence-electron chi connectivity index (χ3n) is 6.77. The van der Waals surface area contributed by atoms with E-state index in [0.717, 1.165) is 49.0 Å². The molecule has 31 heavy (non-hydrogen) atoms. The molecule has 5 heteroatoms. The number of nitrogens with zero attached hydrogens (tertiary/aromatic N) is 1. The van der Waals surface area contributed by atoms with Crippen molar-refractivity contribution >= 4 is 11.7 Å². The van der Waals surface area contributed by atoms with Crippen LogP contribution in [0.25, 0.3) is 0 Å². The zero-order valence-corrected chi connectivity index (χ0v) is 17.8. The topological polar surface area (TPSA) is 55.8 Å². The second-order valence-electron chi connectivity index (χ2n) is 8.56. The van der Waals surface area contributed by atoms with Crippen LogP contribution < -0.4 is 4.74 Å². The summed E-state index contributed by atoms with van der Waals surface area (Å²) in [4.78, 5) is 28.8. The molecule has 2 aromatic rings. The van der Waals surface area contributed by atoms with Crippen LogP contribution in [0.2, 0.25) is 0 Å². The molecule has 2 aliphatic heterocycles. The second kappa shape index (κ2) is 8.22. The number of hydrogen-bond acceptors (Lipinski definition) is 4. The van der Waals surface area contributed by atoms with E-state index in [1.54, 1.807) is 7.11 Å². The van der Waals surface area contributed by atoms with Crippen LogP contribution in [0.15, 0.2) is 65.9 Å². The zero-order valence-electron chi connectivity index (χ0n) is 17.8. The van der Waals surface area contributed by atoms with Crippen molar-refractivity contribution in [1.82, 2.24) is 4.90 Å². The Morgan fingerprint density at radius 2 is 1.74 bits per heavy atom. The molecule has 1 fully saturated rings. The van der Waals surface area contributed by atoms with Gasteiger partial charge in [-0.1, -0.05) is 48.9 Å². The molecule has 0 spiro atoms. The maximum atomic E-state index is 13.6. The Morgan fingerprint density at radius 3 is 2.48 bits per heavy atom. The number of benzene rings is 2. The molecule has 3 unspecified atom stereocenters. The van der Waals surface area contributed by atoms with E-state index in [1.165, 1.54) is 0 Å². The van der Waals surface area contributed by atoms with Gasteiger partial charge in [0.05, 0.1) is 24.6 Å². The Kier molecular flexibility index (Phi) is 5.26. The Labute approximate surface area is 182 Å². The van der Waals surface area contributed by atoms with E-state index in [0.29, 0.717) is 12.1 Å². The van der Waals surface area contributed by atoms with Crippen molar-refractivity contribution in [2.45, 2.75) is 44.2 Å². The van der Waals surface area contributed by atoms with Crippen molar-refractivity contribution < 1.29 is 19.1 Å². The van der Waals surface area contributed by atoms with E-state index in [-0.39, 0.29) is 29.5 Å². The SMILES string of the molecule is COc1ccc(C2C3=C(OC4CCCCC4C3=O)C(=O)N2CCc2ccccc2)cc1. The number of fused-ring (bicyclic) bond motifs is 1. The molecule has 5 nitrogen and oxygen atoms in total. The van der Waals surface area contributed by atoms with Gasteiger partial charge in [0.2, 0.25) is 0 Å². The molecular formula is C26H27NO4. The minimum Gasteiger partial charge on any atom is -0.497 e. The van der Waals surface area contributed by atoms with Gasteiger partial charge in [-0.25, -0.2) is 0 Å². The average molecular weight is 418 g/mol. The number of hydrogen-bond donors (Lipinski definition) is 0. The van der Waals surface area contributed by atoms with Crippen molar-refractivity contribution in [2.75, 3.05) is 13.7 Å². The largest absolute Gasteiger partial charge is 0.497 e. The number of amides is 1. The fraction of sp³-hybridized carbons (Fsp3) is 0.385. The normalized spacial score (nSPS) is 25.2. The quantitative estimate of drug-likeness (QED) is 0.731. The first-order chi connectivity index (χ1) is 15.2. The summed E-state index contributed by atoms with van der Waals surface area (Å²) in [6, 6.07) is 17.4. The summed E-state index contributed by atoms with van der Waals surface area (Å²) in [6.07, 6.45) is 4.34. The molecule has 0 saturated heterocycles. The molecule has 1 amide bonds. The van der Waals surface area contributed by atoms with Crippen molar-refractivity contribution in [3.8, 4) is 5.75 Å². The lowest BCUT2D eigenvalue weighted by Gasteiger charge is -2.35. The second-order valence-corrected chi connectivity index (χ2v) is 8.56. The minimum absolute atomic E-state index is 0.0994. The first kappa shape index (κ1) is 19.9. The van der Waals surface area contributed by atoms with Crippen LogP contribution in [0.5, 0.6) is 5.75 Å². The number of ketones is 1. The van der Waals surface area contributed by atoms with E-state index < -0.39 is 6.04 Å². The van der Waals surface area contributed by atoms with E-state index in [4.69, 9.17) is 9.47 Å². The summed E-state index contributed by atoms with van der Waals surface area (Å²) in [5.41, 5.74) is 2.62. The van der Waals surface area contributed by atoms with Gasteiger partial charge in [0, 0.05) is 6.54 Å². The maximum absolute atomic E-state index is 13.6.